The zero-order valence-corrected chi connectivity index (χ0v) is 18.4. The van der Waals surface area contributed by atoms with Crippen molar-refractivity contribution in [3.63, 3.8) is 0 Å². The summed E-state index contributed by atoms with van der Waals surface area (Å²) in [5, 5.41) is 0. The van der Waals surface area contributed by atoms with Crippen LogP contribution in [0.2, 0.25) is 0 Å². The summed E-state index contributed by atoms with van der Waals surface area (Å²) in [6.07, 6.45) is 2.92. The van der Waals surface area contributed by atoms with Crippen molar-refractivity contribution in [1.29, 1.82) is 0 Å². The van der Waals surface area contributed by atoms with Gasteiger partial charge in [0.25, 0.3) is 0 Å². The van der Waals surface area contributed by atoms with Crippen molar-refractivity contribution < 1.29 is 18.8 Å². The highest BCUT2D eigenvalue weighted by Gasteiger charge is 2.45. The third kappa shape index (κ3) is 3.55. The predicted molar refractivity (Wildman–Crippen MR) is 114 cm³/mol. The molecule has 0 spiro atoms. The molecule has 2 aromatic rings. The lowest BCUT2D eigenvalue weighted by Crippen LogP contribution is -2.43. The Hall–Kier alpha value is -2.89. The molecule has 0 amide bonds. The largest absolute Gasteiger partial charge is 0.497 e. The average Bonchev–Trinajstić information content (AvgIpc) is 2.67. The molecule has 0 bridgehead atoms. The van der Waals surface area contributed by atoms with Gasteiger partial charge in [0, 0.05) is 18.4 Å². The van der Waals surface area contributed by atoms with Gasteiger partial charge in [0.2, 0.25) is 12.1 Å². The molecule has 0 saturated carbocycles. The van der Waals surface area contributed by atoms with E-state index in [2.05, 4.69) is 32.7 Å². The minimum absolute atomic E-state index is 0.117. The van der Waals surface area contributed by atoms with Crippen LogP contribution >= 0.6 is 0 Å². The Balaban J connectivity index is 1.92. The fraction of sp³-hybridized carbons (Fsp3) is 0.458. The van der Waals surface area contributed by atoms with Gasteiger partial charge in [0.15, 0.2) is 5.78 Å². The molecule has 2 aliphatic rings. The molecular weight excluding hydrogens is 378 g/mol. The fourth-order valence-electron chi connectivity index (χ4n) is 4.49. The first-order valence-electron chi connectivity index (χ1n) is 10.5. The molecule has 1 atom stereocenters. The monoisotopic (exact) mass is 408 g/mol. The van der Waals surface area contributed by atoms with Crippen molar-refractivity contribution in [2.24, 2.45) is 11.3 Å². The Kier molecular flexibility index (Phi) is 5.04. The molecular formula is C24H30N3O3+. The first-order chi connectivity index (χ1) is 14.2. The lowest BCUT2D eigenvalue weighted by molar-refractivity contribution is -0.691. The second kappa shape index (κ2) is 7.42. The summed E-state index contributed by atoms with van der Waals surface area (Å²) in [4.78, 5) is 17.9. The summed E-state index contributed by atoms with van der Waals surface area (Å²) in [7, 11) is 1.64. The third-order valence-corrected chi connectivity index (χ3v) is 5.82. The lowest BCUT2D eigenvalue weighted by Gasteiger charge is -2.37. The molecule has 0 radical (unpaired) electrons. The van der Waals surface area contributed by atoms with Crippen molar-refractivity contribution in [1.82, 2.24) is 4.98 Å². The van der Waals surface area contributed by atoms with Gasteiger partial charge in [-0.2, -0.15) is 0 Å². The maximum Gasteiger partial charge on any atom is 0.305 e. The van der Waals surface area contributed by atoms with Crippen molar-refractivity contribution in [3.8, 4) is 11.6 Å². The summed E-state index contributed by atoms with van der Waals surface area (Å²) in [6, 6.07) is 7.82. The smallest absolute Gasteiger partial charge is 0.305 e. The van der Waals surface area contributed by atoms with Crippen LogP contribution in [0.4, 0.5) is 5.82 Å². The molecule has 0 saturated heterocycles. The number of anilines is 1. The van der Waals surface area contributed by atoms with Crippen LogP contribution in [0.25, 0.3) is 0 Å². The van der Waals surface area contributed by atoms with Gasteiger partial charge in [-0.1, -0.05) is 44.8 Å². The normalized spacial score (nSPS) is 19.9. The summed E-state index contributed by atoms with van der Waals surface area (Å²) in [5.74, 6) is 2.81. The Labute approximate surface area is 177 Å². The molecule has 4 rings (SSSR count). The first-order valence-corrected chi connectivity index (χ1v) is 10.5. The number of carbonyl (C=O) groups is 1. The summed E-state index contributed by atoms with van der Waals surface area (Å²) < 4.78 is 13.5. The number of fused-ring (bicyclic) bond motifs is 1. The topological polar surface area (TPSA) is 78.3 Å². The van der Waals surface area contributed by atoms with E-state index in [4.69, 9.17) is 15.2 Å². The third-order valence-electron chi connectivity index (χ3n) is 5.82. The van der Waals surface area contributed by atoms with Crippen molar-refractivity contribution in [2.45, 2.75) is 53.0 Å². The van der Waals surface area contributed by atoms with E-state index in [0.29, 0.717) is 36.0 Å². The maximum absolute atomic E-state index is 13.3. The highest BCUT2D eigenvalue weighted by Crippen LogP contribution is 2.50. The molecule has 6 nitrogen and oxygen atoms in total. The van der Waals surface area contributed by atoms with Crippen LogP contribution in [0.3, 0.4) is 0 Å². The van der Waals surface area contributed by atoms with Crippen LogP contribution in [-0.4, -0.2) is 17.9 Å². The van der Waals surface area contributed by atoms with Gasteiger partial charge in [-0.3, -0.25) is 4.79 Å². The lowest BCUT2D eigenvalue weighted by atomic mass is 9.70. The number of allylic oxidation sites excluding steroid dienone is 2. The van der Waals surface area contributed by atoms with Crippen LogP contribution in [0.1, 0.15) is 57.6 Å². The maximum atomic E-state index is 13.3. The molecule has 6 heteroatoms. The average molecular weight is 409 g/mol. The number of Topliss-reactive ketones (excluding diaryl/α,β-unsaturated/α-hetero) is 1. The second-order valence-corrected chi connectivity index (χ2v) is 9.48. The summed E-state index contributed by atoms with van der Waals surface area (Å²) >= 11 is 0. The molecule has 1 aliphatic heterocycles. The predicted octanol–water partition coefficient (Wildman–Crippen LogP) is 3.78. The van der Waals surface area contributed by atoms with Gasteiger partial charge in [-0.15, -0.1) is 0 Å². The Morgan fingerprint density at radius 1 is 1.27 bits per heavy atom. The number of carbonyl (C=O) groups excluding carboxylic acids is 1. The van der Waals surface area contributed by atoms with E-state index in [9.17, 15) is 4.79 Å². The van der Waals surface area contributed by atoms with E-state index in [-0.39, 0.29) is 17.1 Å². The quantitative estimate of drug-likeness (QED) is 0.779. The number of benzene rings is 1. The summed E-state index contributed by atoms with van der Waals surface area (Å²) in [6.45, 7) is 9.21. The van der Waals surface area contributed by atoms with E-state index in [1.807, 2.05) is 28.8 Å². The molecule has 1 aromatic carbocycles. The highest BCUT2D eigenvalue weighted by atomic mass is 16.5. The van der Waals surface area contributed by atoms with Crippen molar-refractivity contribution in [2.75, 3.05) is 12.8 Å². The number of ether oxygens (including phenoxy) is 2. The van der Waals surface area contributed by atoms with E-state index >= 15 is 0 Å². The van der Waals surface area contributed by atoms with Crippen LogP contribution in [0, 0.1) is 11.3 Å². The number of hydrogen-bond donors (Lipinski definition) is 1. The standard InChI is InChI=1S/C24H29N3O3/c1-14(2)12-27-13-26-23-21(22(27)25)19(15-6-8-16(29-5)9-7-15)20-17(28)10-24(3,4)11-18(20)30-23/h6-9,13-14,19,25H,10-12H2,1-5H3/p+1/t19-/m1/s1. The Morgan fingerprint density at radius 2 is 1.97 bits per heavy atom. The van der Waals surface area contributed by atoms with Crippen molar-refractivity contribution in [3.05, 3.63) is 53.1 Å². The number of methoxy groups -OCH3 is 1. The first kappa shape index (κ1) is 20.4. The number of nitrogens with zero attached hydrogens (tertiary/aromatic N) is 2. The Morgan fingerprint density at radius 3 is 2.60 bits per heavy atom. The van der Waals surface area contributed by atoms with Crippen LogP contribution in [0.5, 0.6) is 11.6 Å². The zero-order valence-electron chi connectivity index (χ0n) is 18.4. The van der Waals surface area contributed by atoms with Crippen LogP contribution < -0.4 is 19.8 Å². The molecule has 1 aliphatic carbocycles. The number of rotatable bonds is 4. The number of aromatic nitrogens is 2. The molecule has 1 aromatic heterocycles. The second-order valence-electron chi connectivity index (χ2n) is 9.48. The zero-order chi connectivity index (χ0) is 21.6. The van der Waals surface area contributed by atoms with Crippen LogP contribution in [-0.2, 0) is 11.3 Å². The van der Waals surface area contributed by atoms with Gasteiger partial charge >= 0.3 is 5.88 Å². The Bertz CT molecular complexity index is 1020. The van der Waals surface area contributed by atoms with Crippen LogP contribution in [0.15, 0.2) is 41.9 Å². The summed E-state index contributed by atoms with van der Waals surface area (Å²) in [5.41, 5.74) is 8.97. The number of nitrogens with two attached hydrogens (primary N) is 1. The van der Waals surface area contributed by atoms with Gasteiger partial charge in [0.05, 0.1) is 19.6 Å². The minimum atomic E-state index is -0.301. The minimum Gasteiger partial charge on any atom is -0.497 e. The van der Waals surface area contributed by atoms with Gasteiger partial charge < -0.3 is 15.2 Å². The molecule has 0 fully saturated rings. The highest BCUT2D eigenvalue weighted by molar-refractivity contribution is 6.00. The van der Waals surface area contributed by atoms with Crippen molar-refractivity contribution >= 4 is 11.6 Å². The number of hydrogen-bond acceptors (Lipinski definition) is 5. The number of nitrogen functional groups attached to an aromatic ring is 1. The fourth-order valence-corrected chi connectivity index (χ4v) is 4.49. The van der Waals surface area contributed by atoms with Gasteiger partial charge in [-0.05, 0) is 29.0 Å². The van der Waals surface area contributed by atoms with E-state index in [1.165, 1.54) is 0 Å². The van der Waals surface area contributed by atoms with E-state index in [1.54, 1.807) is 13.4 Å². The molecule has 30 heavy (non-hydrogen) atoms. The molecule has 2 N–H and O–H groups in total. The van der Waals surface area contributed by atoms with Gasteiger partial charge in [0.1, 0.15) is 17.1 Å². The van der Waals surface area contributed by atoms with E-state index < -0.39 is 0 Å². The van der Waals surface area contributed by atoms with Gasteiger partial charge in [-0.25, -0.2) is 4.57 Å². The molecule has 158 valence electrons. The SMILES string of the molecule is COc1ccc([C@@H]2C3=C(CC(C)(C)CC3=O)Oc3nc[n+](CC(C)C)c(N)c32)cc1. The molecule has 0 unspecified atom stereocenters. The number of ketones is 1. The van der Waals surface area contributed by atoms with E-state index in [0.717, 1.165) is 29.2 Å². The molecule has 2 heterocycles.